The van der Waals surface area contributed by atoms with E-state index in [9.17, 15) is 4.79 Å². The van der Waals surface area contributed by atoms with Crippen LogP contribution in [0.1, 0.15) is 38.3 Å². The van der Waals surface area contributed by atoms with Crippen LogP contribution in [0.3, 0.4) is 0 Å². The average molecular weight is 206 g/mol. The van der Waals surface area contributed by atoms with E-state index < -0.39 is 0 Å². The fourth-order valence-corrected chi connectivity index (χ4v) is 1.42. The lowest BCUT2D eigenvalue weighted by Crippen LogP contribution is -2.07. The standard InChI is InChI=1S/C13H18O2/c1-4-10-7-8-12(11(5-2)9-10)15-13(14)6-3/h7-9H,4-6H2,1-3H3. The third-order valence-corrected chi connectivity index (χ3v) is 2.43. The van der Waals surface area contributed by atoms with Gasteiger partial charge in [-0.05, 0) is 30.0 Å². The number of carbonyl (C=O) groups is 1. The van der Waals surface area contributed by atoms with Crippen molar-refractivity contribution in [2.24, 2.45) is 0 Å². The van der Waals surface area contributed by atoms with Gasteiger partial charge in [0.25, 0.3) is 0 Å². The summed E-state index contributed by atoms with van der Waals surface area (Å²) in [5, 5.41) is 0. The van der Waals surface area contributed by atoms with Crippen molar-refractivity contribution in [3.8, 4) is 5.75 Å². The summed E-state index contributed by atoms with van der Waals surface area (Å²) in [6.07, 6.45) is 2.31. The Kier molecular flexibility index (Phi) is 4.35. The zero-order valence-corrected chi connectivity index (χ0v) is 9.67. The Labute approximate surface area is 91.3 Å². The van der Waals surface area contributed by atoms with Crippen LogP contribution in [0, 0.1) is 0 Å². The topological polar surface area (TPSA) is 26.3 Å². The van der Waals surface area contributed by atoms with E-state index in [1.807, 2.05) is 12.1 Å². The molecule has 0 N–H and O–H groups in total. The summed E-state index contributed by atoms with van der Waals surface area (Å²) < 4.78 is 5.25. The highest BCUT2D eigenvalue weighted by molar-refractivity contribution is 5.72. The van der Waals surface area contributed by atoms with Gasteiger partial charge in [-0.2, -0.15) is 0 Å². The fraction of sp³-hybridized carbons (Fsp3) is 0.462. The Morgan fingerprint density at radius 2 is 1.93 bits per heavy atom. The number of ether oxygens (including phenoxy) is 1. The second-order valence-electron chi connectivity index (χ2n) is 3.48. The number of benzene rings is 1. The van der Waals surface area contributed by atoms with Crippen molar-refractivity contribution >= 4 is 5.97 Å². The predicted octanol–water partition coefficient (Wildman–Crippen LogP) is 3.13. The second-order valence-corrected chi connectivity index (χ2v) is 3.48. The predicted molar refractivity (Wildman–Crippen MR) is 61.1 cm³/mol. The number of carbonyl (C=O) groups excluding carboxylic acids is 1. The molecule has 0 aromatic heterocycles. The lowest BCUT2D eigenvalue weighted by atomic mass is 10.1. The monoisotopic (exact) mass is 206 g/mol. The van der Waals surface area contributed by atoms with E-state index in [1.54, 1.807) is 6.92 Å². The number of esters is 1. The van der Waals surface area contributed by atoms with Crippen LogP contribution >= 0.6 is 0 Å². The summed E-state index contributed by atoms with van der Waals surface area (Å²) in [4.78, 5) is 11.2. The Hall–Kier alpha value is -1.31. The van der Waals surface area contributed by atoms with Gasteiger partial charge in [-0.25, -0.2) is 0 Å². The molecule has 1 aromatic carbocycles. The molecule has 1 rings (SSSR count). The van der Waals surface area contributed by atoms with Crippen LogP contribution in [0.5, 0.6) is 5.75 Å². The molecule has 82 valence electrons. The molecule has 2 heteroatoms. The van der Waals surface area contributed by atoms with Gasteiger partial charge in [-0.15, -0.1) is 0 Å². The van der Waals surface area contributed by atoms with Gasteiger partial charge in [-0.1, -0.05) is 32.9 Å². The molecule has 0 bridgehead atoms. The van der Waals surface area contributed by atoms with E-state index in [1.165, 1.54) is 5.56 Å². The molecule has 15 heavy (non-hydrogen) atoms. The van der Waals surface area contributed by atoms with Crippen LogP contribution in [0.2, 0.25) is 0 Å². The third-order valence-electron chi connectivity index (χ3n) is 2.43. The quantitative estimate of drug-likeness (QED) is 0.559. The number of rotatable bonds is 4. The lowest BCUT2D eigenvalue weighted by molar-refractivity contribution is -0.134. The van der Waals surface area contributed by atoms with Crippen molar-refractivity contribution in [3.05, 3.63) is 29.3 Å². The van der Waals surface area contributed by atoms with Gasteiger partial charge in [0.1, 0.15) is 5.75 Å². The minimum Gasteiger partial charge on any atom is -0.426 e. The molecule has 1 aromatic rings. The Morgan fingerprint density at radius 1 is 1.20 bits per heavy atom. The van der Waals surface area contributed by atoms with Gasteiger partial charge in [0.2, 0.25) is 0 Å². The zero-order chi connectivity index (χ0) is 11.3. The fourth-order valence-electron chi connectivity index (χ4n) is 1.42. The molecule has 0 saturated heterocycles. The van der Waals surface area contributed by atoms with Gasteiger partial charge in [0.15, 0.2) is 0 Å². The molecule has 0 unspecified atom stereocenters. The summed E-state index contributed by atoms with van der Waals surface area (Å²) >= 11 is 0. The first kappa shape index (κ1) is 11.8. The van der Waals surface area contributed by atoms with Crippen LogP contribution in [0.4, 0.5) is 0 Å². The van der Waals surface area contributed by atoms with Gasteiger partial charge in [-0.3, -0.25) is 4.79 Å². The second kappa shape index (κ2) is 5.54. The minimum absolute atomic E-state index is 0.172. The molecule has 2 nitrogen and oxygen atoms in total. The number of hydrogen-bond donors (Lipinski definition) is 0. The Bertz CT molecular complexity index is 342. The van der Waals surface area contributed by atoms with Crippen LogP contribution in [0.15, 0.2) is 18.2 Å². The van der Waals surface area contributed by atoms with Crippen molar-refractivity contribution < 1.29 is 9.53 Å². The maximum absolute atomic E-state index is 11.2. The maximum atomic E-state index is 11.2. The van der Waals surface area contributed by atoms with Gasteiger partial charge in [0, 0.05) is 6.42 Å². The summed E-state index contributed by atoms with van der Waals surface area (Å²) in [6, 6.07) is 6.01. The molecule has 0 fully saturated rings. The van der Waals surface area contributed by atoms with Crippen molar-refractivity contribution in [2.45, 2.75) is 40.0 Å². The Balaban J connectivity index is 2.92. The minimum atomic E-state index is -0.172. The van der Waals surface area contributed by atoms with Crippen LogP contribution in [-0.2, 0) is 17.6 Å². The first-order valence-corrected chi connectivity index (χ1v) is 5.53. The van der Waals surface area contributed by atoms with E-state index in [0.29, 0.717) is 12.2 Å². The molecular weight excluding hydrogens is 188 g/mol. The summed E-state index contributed by atoms with van der Waals surface area (Å²) in [6.45, 7) is 5.99. The van der Waals surface area contributed by atoms with Gasteiger partial charge < -0.3 is 4.74 Å². The van der Waals surface area contributed by atoms with Crippen LogP contribution < -0.4 is 4.74 Å². The molecule has 0 heterocycles. The highest BCUT2D eigenvalue weighted by atomic mass is 16.5. The molecule has 0 aliphatic carbocycles. The highest BCUT2D eigenvalue weighted by Gasteiger charge is 2.06. The smallest absolute Gasteiger partial charge is 0.310 e. The molecule has 0 spiro atoms. The molecule has 0 atom stereocenters. The number of aryl methyl sites for hydroxylation is 2. The molecule has 0 amide bonds. The summed E-state index contributed by atoms with van der Waals surface area (Å²) in [7, 11) is 0. The van der Waals surface area contributed by atoms with Crippen LogP contribution in [0.25, 0.3) is 0 Å². The Morgan fingerprint density at radius 3 is 2.47 bits per heavy atom. The lowest BCUT2D eigenvalue weighted by Gasteiger charge is -2.09. The maximum Gasteiger partial charge on any atom is 0.310 e. The van der Waals surface area contributed by atoms with Gasteiger partial charge >= 0.3 is 5.97 Å². The SMILES string of the molecule is CCC(=O)Oc1ccc(CC)cc1CC. The van der Waals surface area contributed by atoms with E-state index in [2.05, 4.69) is 19.9 Å². The van der Waals surface area contributed by atoms with Crippen molar-refractivity contribution in [1.82, 2.24) is 0 Å². The van der Waals surface area contributed by atoms with Crippen molar-refractivity contribution in [1.29, 1.82) is 0 Å². The van der Waals surface area contributed by atoms with E-state index in [0.717, 1.165) is 18.4 Å². The van der Waals surface area contributed by atoms with Crippen LogP contribution in [-0.4, -0.2) is 5.97 Å². The first-order valence-electron chi connectivity index (χ1n) is 5.53. The van der Waals surface area contributed by atoms with E-state index in [-0.39, 0.29) is 5.97 Å². The average Bonchev–Trinajstić information content (AvgIpc) is 2.29. The van der Waals surface area contributed by atoms with Crippen molar-refractivity contribution in [3.63, 3.8) is 0 Å². The van der Waals surface area contributed by atoms with Crippen molar-refractivity contribution in [2.75, 3.05) is 0 Å². The molecule has 0 aliphatic rings. The number of hydrogen-bond acceptors (Lipinski definition) is 2. The molecule has 0 radical (unpaired) electrons. The first-order chi connectivity index (χ1) is 7.21. The molecular formula is C13H18O2. The zero-order valence-electron chi connectivity index (χ0n) is 9.67. The third kappa shape index (κ3) is 3.08. The van der Waals surface area contributed by atoms with E-state index >= 15 is 0 Å². The largest absolute Gasteiger partial charge is 0.426 e. The molecule has 0 aliphatic heterocycles. The van der Waals surface area contributed by atoms with Gasteiger partial charge in [0.05, 0.1) is 0 Å². The molecule has 0 saturated carbocycles. The normalized spacial score (nSPS) is 10.1. The highest BCUT2D eigenvalue weighted by Crippen LogP contribution is 2.21. The van der Waals surface area contributed by atoms with E-state index in [4.69, 9.17) is 4.74 Å². The summed E-state index contributed by atoms with van der Waals surface area (Å²) in [5.41, 5.74) is 2.39. The summed E-state index contributed by atoms with van der Waals surface area (Å²) in [5.74, 6) is 0.537.